The number of rotatable bonds is 10. The fraction of sp³-hybridized carbons (Fsp3) is 0.318. The lowest BCUT2D eigenvalue weighted by Crippen LogP contribution is -2.15. The third kappa shape index (κ3) is 5.54. The molecule has 30 heavy (non-hydrogen) atoms. The van der Waals surface area contributed by atoms with E-state index in [1.54, 1.807) is 32.4 Å². The lowest BCUT2D eigenvalue weighted by atomic mass is 10.1. The molecule has 0 saturated carbocycles. The molecule has 2 aromatic carbocycles. The molecule has 0 spiro atoms. The molecule has 1 aromatic heterocycles. The summed E-state index contributed by atoms with van der Waals surface area (Å²) in [5.41, 5.74) is 1.87. The molecule has 3 aromatic rings. The van der Waals surface area contributed by atoms with Crippen LogP contribution in [0.2, 0.25) is 0 Å². The number of amides is 1. The minimum absolute atomic E-state index is 0.139. The first kappa shape index (κ1) is 21.7. The van der Waals surface area contributed by atoms with Crippen LogP contribution in [-0.4, -0.2) is 40.6 Å². The quantitative estimate of drug-likeness (QED) is 0.497. The molecule has 0 aliphatic rings. The zero-order valence-corrected chi connectivity index (χ0v) is 18.2. The smallest absolute Gasteiger partial charge is 0.234 e. The van der Waals surface area contributed by atoms with E-state index in [9.17, 15) is 4.79 Å². The number of ether oxygens (including phenoxy) is 2. The molecule has 1 amide bonds. The van der Waals surface area contributed by atoms with Gasteiger partial charge in [-0.15, -0.1) is 10.2 Å². The third-order valence-corrected chi connectivity index (χ3v) is 5.57. The number of carbonyl (C=O) groups is 1. The molecule has 1 N–H and O–H groups in total. The molecular formula is C22H26N4O3S. The number of hydrogen-bond acceptors (Lipinski definition) is 6. The second kappa shape index (κ2) is 10.7. The first-order valence-electron chi connectivity index (χ1n) is 9.75. The van der Waals surface area contributed by atoms with E-state index >= 15 is 0 Å². The predicted octanol–water partition coefficient (Wildman–Crippen LogP) is 3.83. The normalized spacial score (nSPS) is 10.6. The summed E-state index contributed by atoms with van der Waals surface area (Å²) >= 11 is 1.37. The topological polar surface area (TPSA) is 78.3 Å². The van der Waals surface area contributed by atoms with Gasteiger partial charge in [0.15, 0.2) is 5.16 Å². The second-order valence-corrected chi connectivity index (χ2v) is 7.47. The van der Waals surface area contributed by atoms with Gasteiger partial charge in [0.2, 0.25) is 5.91 Å². The molecule has 0 bridgehead atoms. The van der Waals surface area contributed by atoms with Crippen LogP contribution in [0.15, 0.2) is 53.7 Å². The summed E-state index contributed by atoms with van der Waals surface area (Å²) in [6, 6.07) is 15.6. The van der Waals surface area contributed by atoms with E-state index in [1.165, 1.54) is 17.3 Å². The number of nitrogens with zero attached hydrogens (tertiary/aromatic N) is 3. The van der Waals surface area contributed by atoms with Gasteiger partial charge in [-0.25, -0.2) is 0 Å². The van der Waals surface area contributed by atoms with Gasteiger partial charge in [0.1, 0.15) is 17.3 Å². The number of nitrogens with one attached hydrogen (secondary N) is 1. The molecule has 0 atom stereocenters. The molecule has 0 fully saturated rings. The van der Waals surface area contributed by atoms with Crippen molar-refractivity contribution in [2.24, 2.45) is 0 Å². The summed E-state index contributed by atoms with van der Waals surface area (Å²) in [5.74, 6) is 2.23. The van der Waals surface area contributed by atoms with Crippen molar-refractivity contribution < 1.29 is 14.3 Å². The molecule has 0 aliphatic carbocycles. The number of carbonyl (C=O) groups excluding carboxylic acids is 1. The van der Waals surface area contributed by atoms with Crippen LogP contribution in [0.4, 0.5) is 5.69 Å². The van der Waals surface area contributed by atoms with E-state index in [2.05, 4.69) is 39.1 Å². The highest BCUT2D eigenvalue weighted by atomic mass is 32.2. The molecule has 0 radical (unpaired) electrons. The maximum absolute atomic E-state index is 12.4. The highest BCUT2D eigenvalue weighted by Crippen LogP contribution is 2.29. The van der Waals surface area contributed by atoms with Crippen LogP contribution in [0.5, 0.6) is 11.5 Å². The van der Waals surface area contributed by atoms with Crippen molar-refractivity contribution in [3.05, 3.63) is 59.9 Å². The van der Waals surface area contributed by atoms with Crippen molar-refractivity contribution in [1.29, 1.82) is 0 Å². The van der Waals surface area contributed by atoms with Crippen molar-refractivity contribution in [2.75, 3.05) is 25.3 Å². The summed E-state index contributed by atoms with van der Waals surface area (Å²) in [6.07, 6.45) is 1.71. The Morgan fingerprint density at radius 1 is 1.07 bits per heavy atom. The number of methoxy groups -OCH3 is 2. The van der Waals surface area contributed by atoms with Gasteiger partial charge in [0.25, 0.3) is 0 Å². The van der Waals surface area contributed by atoms with Crippen molar-refractivity contribution in [3.63, 3.8) is 0 Å². The number of thioether (sulfide) groups is 1. The summed E-state index contributed by atoms with van der Waals surface area (Å²) < 4.78 is 12.6. The maximum Gasteiger partial charge on any atom is 0.234 e. The highest BCUT2D eigenvalue weighted by molar-refractivity contribution is 7.99. The summed E-state index contributed by atoms with van der Waals surface area (Å²) in [4.78, 5) is 12.4. The highest BCUT2D eigenvalue weighted by Gasteiger charge is 2.14. The lowest BCUT2D eigenvalue weighted by molar-refractivity contribution is -0.113. The van der Waals surface area contributed by atoms with Gasteiger partial charge in [-0.05, 0) is 31.0 Å². The van der Waals surface area contributed by atoms with E-state index in [0.29, 0.717) is 17.2 Å². The third-order valence-electron chi connectivity index (χ3n) is 4.60. The largest absolute Gasteiger partial charge is 0.497 e. The lowest BCUT2D eigenvalue weighted by Gasteiger charge is -2.11. The zero-order valence-electron chi connectivity index (χ0n) is 17.4. The Bertz CT molecular complexity index is 976. The van der Waals surface area contributed by atoms with E-state index in [-0.39, 0.29) is 11.7 Å². The number of aryl methyl sites for hydroxylation is 2. The zero-order chi connectivity index (χ0) is 21.3. The van der Waals surface area contributed by atoms with E-state index < -0.39 is 0 Å². The fourth-order valence-corrected chi connectivity index (χ4v) is 3.87. The van der Waals surface area contributed by atoms with Crippen LogP contribution < -0.4 is 14.8 Å². The number of hydrogen-bond donors (Lipinski definition) is 1. The van der Waals surface area contributed by atoms with Crippen LogP contribution in [0.1, 0.15) is 18.3 Å². The Labute approximate surface area is 180 Å². The average Bonchev–Trinajstić information content (AvgIpc) is 3.19. The minimum atomic E-state index is -0.139. The Morgan fingerprint density at radius 3 is 2.57 bits per heavy atom. The molecule has 158 valence electrons. The first-order valence-corrected chi connectivity index (χ1v) is 10.7. The van der Waals surface area contributed by atoms with Gasteiger partial charge in [-0.3, -0.25) is 4.79 Å². The molecule has 0 saturated heterocycles. The predicted molar refractivity (Wildman–Crippen MR) is 118 cm³/mol. The van der Waals surface area contributed by atoms with E-state index in [0.717, 1.165) is 30.4 Å². The monoisotopic (exact) mass is 426 g/mol. The number of benzene rings is 2. The molecule has 0 aliphatic heterocycles. The van der Waals surface area contributed by atoms with Crippen molar-refractivity contribution in [2.45, 2.75) is 31.5 Å². The van der Waals surface area contributed by atoms with Gasteiger partial charge in [0, 0.05) is 19.0 Å². The average molecular weight is 427 g/mol. The number of aromatic nitrogens is 3. The Morgan fingerprint density at radius 2 is 1.87 bits per heavy atom. The Kier molecular flexibility index (Phi) is 7.73. The van der Waals surface area contributed by atoms with Crippen LogP contribution >= 0.6 is 11.8 Å². The van der Waals surface area contributed by atoms with Crippen LogP contribution in [0.3, 0.4) is 0 Å². The SMILES string of the molecule is CCn1c(CCc2ccccc2)nnc1SCC(=O)Nc1ccc(OC)cc1OC. The van der Waals surface area contributed by atoms with Gasteiger partial charge in [-0.1, -0.05) is 42.1 Å². The fourth-order valence-electron chi connectivity index (χ4n) is 3.05. The Balaban J connectivity index is 1.59. The molecule has 8 heteroatoms. The molecule has 3 rings (SSSR count). The molecule has 1 heterocycles. The summed E-state index contributed by atoms with van der Waals surface area (Å²) in [5, 5.41) is 12.3. The van der Waals surface area contributed by atoms with Gasteiger partial charge < -0.3 is 19.4 Å². The molecular weight excluding hydrogens is 400 g/mol. The van der Waals surface area contributed by atoms with Crippen LogP contribution in [-0.2, 0) is 24.2 Å². The van der Waals surface area contributed by atoms with Crippen LogP contribution in [0, 0.1) is 0 Å². The van der Waals surface area contributed by atoms with Crippen molar-refractivity contribution in [3.8, 4) is 11.5 Å². The molecule has 0 unspecified atom stereocenters. The van der Waals surface area contributed by atoms with Gasteiger partial charge >= 0.3 is 0 Å². The van der Waals surface area contributed by atoms with Crippen molar-refractivity contribution in [1.82, 2.24) is 14.8 Å². The van der Waals surface area contributed by atoms with E-state index in [4.69, 9.17) is 9.47 Å². The van der Waals surface area contributed by atoms with Crippen LogP contribution in [0.25, 0.3) is 0 Å². The Hall–Kier alpha value is -3.00. The number of anilines is 1. The maximum atomic E-state index is 12.4. The van der Waals surface area contributed by atoms with Gasteiger partial charge in [0.05, 0.1) is 25.7 Å². The van der Waals surface area contributed by atoms with Gasteiger partial charge in [-0.2, -0.15) is 0 Å². The minimum Gasteiger partial charge on any atom is -0.497 e. The molecule has 7 nitrogen and oxygen atoms in total. The van der Waals surface area contributed by atoms with E-state index in [1.807, 2.05) is 18.2 Å². The standard InChI is InChI=1S/C22H26N4O3S/c1-4-26-20(13-10-16-8-6-5-7-9-16)24-25-22(26)30-15-21(27)23-18-12-11-17(28-2)14-19(18)29-3/h5-9,11-12,14H,4,10,13,15H2,1-3H3,(H,23,27). The van der Waals surface area contributed by atoms with Crippen molar-refractivity contribution >= 4 is 23.4 Å². The summed E-state index contributed by atoms with van der Waals surface area (Å²) in [7, 11) is 3.14. The first-order chi connectivity index (χ1) is 14.6. The summed E-state index contributed by atoms with van der Waals surface area (Å²) in [6.45, 7) is 2.81. The second-order valence-electron chi connectivity index (χ2n) is 6.53.